The van der Waals surface area contributed by atoms with E-state index in [2.05, 4.69) is 20.6 Å². The van der Waals surface area contributed by atoms with Crippen molar-refractivity contribution in [2.45, 2.75) is 6.92 Å². The molecule has 0 spiro atoms. The summed E-state index contributed by atoms with van der Waals surface area (Å²) in [4.78, 5) is 12.7. The molecular formula is C27H20FN5O3. The summed E-state index contributed by atoms with van der Waals surface area (Å²) in [7, 11) is 0. The van der Waals surface area contributed by atoms with Crippen LogP contribution in [-0.4, -0.2) is 25.9 Å². The molecule has 0 aliphatic rings. The van der Waals surface area contributed by atoms with E-state index in [1.165, 1.54) is 24.3 Å². The molecule has 178 valence electrons. The van der Waals surface area contributed by atoms with E-state index in [0.717, 1.165) is 5.69 Å². The van der Waals surface area contributed by atoms with Crippen LogP contribution in [0.1, 0.15) is 16.1 Å². The van der Waals surface area contributed by atoms with E-state index >= 15 is 0 Å². The molecule has 3 aromatic carbocycles. The lowest BCUT2D eigenvalue weighted by Gasteiger charge is -2.09. The predicted octanol–water partition coefficient (Wildman–Crippen LogP) is 5.95. The third-order valence-electron chi connectivity index (χ3n) is 5.06. The molecule has 2 aromatic heterocycles. The van der Waals surface area contributed by atoms with Crippen molar-refractivity contribution in [3.8, 4) is 28.9 Å². The Morgan fingerprint density at radius 3 is 2.28 bits per heavy atom. The van der Waals surface area contributed by atoms with Gasteiger partial charge in [0.1, 0.15) is 23.1 Å². The maximum Gasteiger partial charge on any atom is 0.255 e. The highest BCUT2D eigenvalue weighted by molar-refractivity contribution is 6.04. The van der Waals surface area contributed by atoms with Gasteiger partial charge in [0.2, 0.25) is 5.88 Å². The molecule has 5 rings (SSSR count). The summed E-state index contributed by atoms with van der Waals surface area (Å²) in [5, 5.41) is 15.3. The van der Waals surface area contributed by atoms with Crippen LogP contribution in [-0.2, 0) is 0 Å². The van der Waals surface area contributed by atoms with Gasteiger partial charge in [0.05, 0.1) is 5.69 Å². The Kier molecular flexibility index (Phi) is 6.35. The van der Waals surface area contributed by atoms with Gasteiger partial charge in [-0.1, -0.05) is 6.07 Å². The summed E-state index contributed by atoms with van der Waals surface area (Å²) in [6.07, 6.45) is 1.81. The summed E-state index contributed by atoms with van der Waals surface area (Å²) in [5.74, 6) is 1.74. The van der Waals surface area contributed by atoms with Crippen LogP contribution < -0.4 is 14.8 Å². The van der Waals surface area contributed by atoms with Crippen LogP contribution in [0.4, 0.5) is 10.1 Å². The number of rotatable bonds is 7. The summed E-state index contributed by atoms with van der Waals surface area (Å²) < 4.78 is 26.2. The van der Waals surface area contributed by atoms with E-state index in [-0.39, 0.29) is 11.7 Å². The van der Waals surface area contributed by atoms with Crippen molar-refractivity contribution in [1.29, 1.82) is 0 Å². The number of anilines is 1. The number of hydrogen-bond acceptors (Lipinski definition) is 6. The number of nitrogens with zero attached hydrogens (tertiary/aromatic N) is 4. The van der Waals surface area contributed by atoms with Crippen LogP contribution in [0.3, 0.4) is 0 Å². The largest absolute Gasteiger partial charge is 0.457 e. The van der Waals surface area contributed by atoms with Crippen molar-refractivity contribution < 1.29 is 18.7 Å². The molecular weight excluding hydrogens is 461 g/mol. The molecule has 36 heavy (non-hydrogen) atoms. The Bertz CT molecular complexity index is 1480. The zero-order chi connectivity index (χ0) is 24.9. The number of carbonyl (C=O) groups is 1. The van der Waals surface area contributed by atoms with E-state index in [0.29, 0.717) is 40.2 Å². The van der Waals surface area contributed by atoms with Crippen LogP contribution >= 0.6 is 0 Å². The van der Waals surface area contributed by atoms with Crippen LogP contribution in [0.5, 0.6) is 23.1 Å². The number of ether oxygens (including phenoxy) is 2. The quantitative estimate of drug-likeness (QED) is 0.309. The minimum atomic E-state index is -0.349. The van der Waals surface area contributed by atoms with Gasteiger partial charge in [-0.3, -0.25) is 4.79 Å². The van der Waals surface area contributed by atoms with Crippen molar-refractivity contribution in [3.05, 3.63) is 114 Å². The van der Waals surface area contributed by atoms with E-state index in [4.69, 9.17) is 9.47 Å². The normalized spacial score (nSPS) is 10.6. The molecule has 8 nitrogen and oxygen atoms in total. The van der Waals surface area contributed by atoms with Gasteiger partial charge < -0.3 is 14.8 Å². The maximum atomic E-state index is 13.1. The molecule has 0 aliphatic heterocycles. The monoisotopic (exact) mass is 481 g/mol. The third-order valence-corrected chi connectivity index (χ3v) is 5.06. The van der Waals surface area contributed by atoms with E-state index in [9.17, 15) is 9.18 Å². The van der Waals surface area contributed by atoms with Crippen molar-refractivity contribution in [2.24, 2.45) is 0 Å². The highest BCUT2D eigenvalue weighted by Crippen LogP contribution is 2.24. The smallest absolute Gasteiger partial charge is 0.255 e. The van der Waals surface area contributed by atoms with Crippen LogP contribution in [0.2, 0.25) is 0 Å². The van der Waals surface area contributed by atoms with Crippen molar-refractivity contribution in [1.82, 2.24) is 20.0 Å². The number of aromatic nitrogens is 4. The second-order valence-electron chi connectivity index (χ2n) is 7.80. The third kappa shape index (κ3) is 5.53. The first kappa shape index (κ1) is 22.7. The summed E-state index contributed by atoms with van der Waals surface area (Å²) in [5.41, 5.74) is 1.89. The first-order chi connectivity index (χ1) is 17.5. The molecule has 0 radical (unpaired) electrons. The van der Waals surface area contributed by atoms with Gasteiger partial charge in [0.25, 0.3) is 5.91 Å². The van der Waals surface area contributed by atoms with Gasteiger partial charge in [0.15, 0.2) is 5.82 Å². The number of aryl methyl sites for hydroxylation is 1. The van der Waals surface area contributed by atoms with E-state index < -0.39 is 0 Å². The Balaban J connectivity index is 1.20. The lowest BCUT2D eigenvalue weighted by atomic mass is 10.2. The predicted molar refractivity (Wildman–Crippen MR) is 131 cm³/mol. The number of halogens is 1. The standard InChI is InChI=1S/C27H20FN5O3/c1-18-15-16-33(32-18)25-13-14-26(31-30-25)36-23-11-7-21(8-12-23)29-27(34)19-3-2-4-24(17-19)35-22-9-5-20(28)6-10-22/h2-17H,1H3,(H,29,34). The van der Waals surface area contributed by atoms with Crippen molar-refractivity contribution in [3.63, 3.8) is 0 Å². The van der Waals surface area contributed by atoms with Crippen molar-refractivity contribution >= 4 is 11.6 Å². The number of amides is 1. The minimum Gasteiger partial charge on any atom is -0.457 e. The van der Waals surface area contributed by atoms with Crippen LogP contribution in [0, 0.1) is 12.7 Å². The highest BCUT2D eigenvalue weighted by Gasteiger charge is 2.09. The van der Waals surface area contributed by atoms with Gasteiger partial charge in [-0.2, -0.15) is 5.10 Å². The molecule has 1 amide bonds. The molecule has 0 saturated heterocycles. The average Bonchev–Trinajstić information content (AvgIpc) is 3.33. The van der Waals surface area contributed by atoms with Gasteiger partial charge in [-0.25, -0.2) is 9.07 Å². The Morgan fingerprint density at radius 1 is 0.833 bits per heavy atom. The minimum absolute atomic E-state index is 0.302. The molecule has 0 saturated carbocycles. The zero-order valence-corrected chi connectivity index (χ0v) is 19.1. The molecule has 0 fully saturated rings. The Labute approximate surface area is 206 Å². The van der Waals surface area contributed by atoms with E-state index in [1.807, 2.05) is 19.2 Å². The topological polar surface area (TPSA) is 91.2 Å². The molecule has 1 N–H and O–H groups in total. The second-order valence-corrected chi connectivity index (χ2v) is 7.80. The maximum absolute atomic E-state index is 13.1. The first-order valence-electron chi connectivity index (χ1n) is 11.0. The average molecular weight is 481 g/mol. The number of nitrogens with one attached hydrogen (secondary N) is 1. The lowest BCUT2D eigenvalue weighted by Crippen LogP contribution is -2.11. The first-order valence-corrected chi connectivity index (χ1v) is 11.0. The molecule has 5 aromatic rings. The molecule has 2 heterocycles. The SMILES string of the molecule is Cc1ccn(-c2ccc(Oc3ccc(NC(=O)c4cccc(Oc5ccc(F)cc5)c4)cc3)nn2)n1. The molecule has 0 unspecified atom stereocenters. The van der Waals surface area contributed by atoms with Gasteiger partial charge >= 0.3 is 0 Å². The summed E-state index contributed by atoms with van der Waals surface area (Å²) in [6, 6.07) is 24.6. The van der Waals surface area contributed by atoms with Crippen LogP contribution in [0.15, 0.2) is 97.2 Å². The van der Waals surface area contributed by atoms with E-state index in [1.54, 1.807) is 65.3 Å². The number of carbonyl (C=O) groups excluding carboxylic acids is 1. The lowest BCUT2D eigenvalue weighted by molar-refractivity contribution is 0.102. The molecule has 0 bridgehead atoms. The van der Waals surface area contributed by atoms with Crippen molar-refractivity contribution in [2.75, 3.05) is 5.32 Å². The number of hydrogen-bond donors (Lipinski definition) is 1. The fourth-order valence-electron chi connectivity index (χ4n) is 3.30. The van der Waals surface area contributed by atoms with Gasteiger partial charge in [-0.05, 0) is 85.8 Å². The van der Waals surface area contributed by atoms with Gasteiger partial charge in [0, 0.05) is 23.5 Å². The fraction of sp³-hybridized carbons (Fsp3) is 0.0370. The molecule has 0 aliphatic carbocycles. The number of benzene rings is 3. The van der Waals surface area contributed by atoms with Gasteiger partial charge in [-0.15, -0.1) is 10.2 Å². The van der Waals surface area contributed by atoms with Crippen LogP contribution in [0.25, 0.3) is 5.82 Å². The second kappa shape index (κ2) is 10.1. The Morgan fingerprint density at radius 2 is 1.58 bits per heavy atom. The highest BCUT2D eigenvalue weighted by atomic mass is 19.1. The zero-order valence-electron chi connectivity index (χ0n) is 19.1. The molecule has 9 heteroatoms. The Hall–Kier alpha value is -5.05. The summed E-state index contributed by atoms with van der Waals surface area (Å²) in [6.45, 7) is 1.90. The fourth-order valence-corrected chi connectivity index (χ4v) is 3.30. The summed E-state index contributed by atoms with van der Waals surface area (Å²) >= 11 is 0. The molecule has 0 atom stereocenters.